The van der Waals surface area contributed by atoms with Gasteiger partial charge in [0.15, 0.2) is 0 Å². The van der Waals surface area contributed by atoms with Crippen LogP contribution >= 0.6 is 0 Å². The molecule has 0 spiro atoms. The van der Waals surface area contributed by atoms with E-state index < -0.39 is 0 Å². The van der Waals surface area contributed by atoms with E-state index in [0.717, 1.165) is 5.75 Å². The van der Waals surface area contributed by atoms with E-state index in [1.165, 1.54) is 26.0 Å². The van der Waals surface area contributed by atoms with Crippen LogP contribution in [0.4, 0.5) is 0 Å². The third kappa shape index (κ3) is 3.75. The summed E-state index contributed by atoms with van der Waals surface area (Å²) in [5, 5.41) is 0. The first-order valence-electron chi connectivity index (χ1n) is 7.51. The molecule has 1 aliphatic heterocycles. The molecule has 0 aromatic heterocycles. The minimum atomic E-state index is -0.239. The first kappa shape index (κ1) is 16.1. The third-order valence-electron chi connectivity index (χ3n) is 3.81. The first-order valence-corrected chi connectivity index (χ1v) is 10.0. The molecule has 0 bridgehead atoms. The van der Waals surface area contributed by atoms with E-state index >= 15 is 0 Å². The second-order valence-electron chi connectivity index (χ2n) is 5.56. The molecule has 1 aliphatic carbocycles. The molecule has 3 heteroatoms. The van der Waals surface area contributed by atoms with Gasteiger partial charge in [0.05, 0.1) is 0 Å². The second kappa shape index (κ2) is 7.17. The Kier molecular flexibility index (Phi) is 5.00. The number of nitrogens with zero attached hydrogens (tertiary/aromatic N) is 1. The SMILES string of the molecule is COc1ccc2c(c1)[Te]C=C/C2=C\C=C1C=CC(=[N+](C)C)C=C1. The average molecular weight is 418 g/mol. The van der Waals surface area contributed by atoms with Crippen LogP contribution in [0, 0.1) is 0 Å². The molecule has 0 N–H and O–H groups in total. The minimum absolute atomic E-state index is 0.239. The Hall–Kier alpha value is -1.82. The zero-order valence-corrected chi connectivity index (χ0v) is 15.9. The van der Waals surface area contributed by atoms with Crippen molar-refractivity contribution in [1.29, 1.82) is 0 Å². The summed E-state index contributed by atoms with van der Waals surface area (Å²) >= 11 is -0.239. The summed E-state index contributed by atoms with van der Waals surface area (Å²) in [5.41, 5.74) is 5.05. The zero-order chi connectivity index (χ0) is 16.2. The molecule has 2 nitrogen and oxygen atoms in total. The molecule has 0 fully saturated rings. The van der Waals surface area contributed by atoms with Gasteiger partial charge >= 0.3 is 148 Å². The van der Waals surface area contributed by atoms with Gasteiger partial charge in [-0.3, -0.25) is 0 Å². The van der Waals surface area contributed by atoms with Crippen LogP contribution in [0.25, 0.3) is 5.57 Å². The Balaban J connectivity index is 1.88. The van der Waals surface area contributed by atoms with Crippen molar-refractivity contribution in [1.82, 2.24) is 0 Å². The molecule has 0 unspecified atom stereocenters. The molecule has 3 rings (SSSR count). The molecule has 23 heavy (non-hydrogen) atoms. The summed E-state index contributed by atoms with van der Waals surface area (Å²) in [7, 11) is 5.84. The Morgan fingerprint density at radius 1 is 1.00 bits per heavy atom. The first-order chi connectivity index (χ1) is 11.2. The van der Waals surface area contributed by atoms with Crippen LogP contribution in [0.3, 0.4) is 0 Å². The van der Waals surface area contributed by atoms with E-state index in [1.54, 1.807) is 7.11 Å². The van der Waals surface area contributed by atoms with Crippen LogP contribution in [0.15, 0.2) is 70.4 Å². The van der Waals surface area contributed by atoms with E-state index in [9.17, 15) is 0 Å². The number of fused-ring (bicyclic) bond motifs is 1. The Bertz CT molecular complexity index is 785. The second-order valence-corrected chi connectivity index (χ2v) is 8.26. The summed E-state index contributed by atoms with van der Waals surface area (Å²) in [5.74, 6) is 0.951. The number of rotatable bonds is 2. The summed E-state index contributed by atoms with van der Waals surface area (Å²) in [6, 6.07) is 6.41. The number of allylic oxidation sites excluding steroid dienone is 9. The van der Waals surface area contributed by atoms with Crippen molar-refractivity contribution in [3.63, 3.8) is 0 Å². The van der Waals surface area contributed by atoms with E-state index in [2.05, 4.69) is 77.5 Å². The van der Waals surface area contributed by atoms with Crippen LogP contribution in [0.2, 0.25) is 0 Å². The van der Waals surface area contributed by atoms with Crippen molar-refractivity contribution in [2.75, 3.05) is 21.2 Å². The fourth-order valence-corrected chi connectivity index (χ4v) is 4.90. The maximum atomic E-state index is 5.34. The van der Waals surface area contributed by atoms with Gasteiger partial charge in [-0.05, 0) is 0 Å². The van der Waals surface area contributed by atoms with Crippen LogP contribution in [-0.2, 0) is 0 Å². The standard InChI is InChI=1S/C20H20NOTe/c1-21(2)17-8-5-15(6-9-17)4-7-16-12-13-23-20-14-18(22-3)10-11-19(16)20/h4-14H,1-3H3/q+1/b16-7+. The molecule has 1 heterocycles. The predicted octanol–water partition coefficient (Wildman–Crippen LogP) is 2.70. The maximum absolute atomic E-state index is 5.34. The molecule has 0 saturated heterocycles. The normalized spacial score (nSPS) is 17.4. The fourth-order valence-electron chi connectivity index (χ4n) is 2.45. The van der Waals surface area contributed by atoms with Crippen LogP contribution in [0.5, 0.6) is 5.75 Å². The third-order valence-corrected chi connectivity index (χ3v) is 6.27. The fraction of sp³-hybridized carbons (Fsp3) is 0.150. The van der Waals surface area contributed by atoms with Crippen LogP contribution in [0.1, 0.15) is 5.56 Å². The molecule has 0 amide bonds. The van der Waals surface area contributed by atoms with Crippen LogP contribution in [-0.4, -0.2) is 52.4 Å². The van der Waals surface area contributed by atoms with Crippen LogP contribution < -0.4 is 8.35 Å². The van der Waals surface area contributed by atoms with Gasteiger partial charge in [-0.2, -0.15) is 0 Å². The molecule has 0 atom stereocenters. The van der Waals surface area contributed by atoms with Gasteiger partial charge in [0, 0.05) is 0 Å². The zero-order valence-electron chi connectivity index (χ0n) is 13.6. The van der Waals surface area contributed by atoms with Gasteiger partial charge in [0.2, 0.25) is 0 Å². The summed E-state index contributed by atoms with van der Waals surface area (Å²) in [4.78, 5) is 0. The summed E-state index contributed by atoms with van der Waals surface area (Å²) in [6.45, 7) is 0. The molecular weight excluding hydrogens is 398 g/mol. The Labute approximate surface area is 148 Å². The van der Waals surface area contributed by atoms with E-state index in [4.69, 9.17) is 4.74 Å². The van der Waals surface area contributed by atoms with E-state index in [1.807, 2.05) is 6.07 Å². The number of hydrogen-bond acceptors (Lipinski definition) is 1. The average Bonchev–Trinajstić information content (AvgIpc) is 2.59. The number of methoxy groups -OCH3 is 1. The number of hydrogen-bond donors (Lipinski definition) is 0. The van der Waals surface area contributed by atoms with Gasteiger partial charge in [0.25, 0.3) is 0 Å². The molecular formula is C20H20NOTe+. The summed E-state index contributed by atoms with van der Waals surface area (Å²) < 4.78 is 11.2. The molecule has 1 aromatic rings. The topological polar surface area (TPSA) is 12.2 Å². The van der Waals surface area contributed by atoms with E-state index in [-0.39, 0.29) is 20.9 Å². The quantitative estimate of drug-likeness (QED) is 0.532. The Morgan fingerprint density at radius 3 is 2.48 bits per heavy atom. The van der Waals surface area contributed by atoms with Crippen molar-refractivity contribution >= 4 is 35.8 Å². The van der Waals surface area contributed by atoms with Crippen molar-refractivity contribution in [3.8, 4) is 5.75 Å². The van der Waals surface area contributed by atoms with E-state index in [0.29, 0.717) is 0 Å². The van der Waals surface area contributed by atoms with Gasteiger partial charge in [-0.1, -0.05) is 0 Å². The predicted molar refractivity (Wildman–Crippen MR) is 99.0 cm³/mol. The monoisotopic (exact) mass is 420 g/mol. The molecule has 2 aliphatic rings. The van der Waals surface area contributed by atoms with Crippen molar-refractivity contribution in [3.05, 3.63) is 76.0 Å². The van der Waals surface area contributed by atoms with Crippen molar-refractivity contribution < 1.29 is 9.31 Å². The number of benzene rings is 1. The number of ether oxygens (including phenoxy) is 1. The van der Waals surface area contributed by atoms with Gasteiger partial charge in [-0.25, -0.2) is 0 Å². The molecule has 0 radical (unpaired) electrons. The molecule has 0 saturated carbocycles. The van der Waals surface area contributed by atoms with Crippen molar-refractivity contribution in [2.24, 2.45) is 0 Å². The molecule has 1 aromatic carbocycles. The molecule has 116 valence electrons. The summed E-state index contributed by atoms with van der Waals surface area (Å²) in [6.07, 6.45) is 15.2. The van der Waals surface area contributed by atoms with Gasteiger partial charge in [0.1, 0.15) is 0 Å². The van der Waals surface area contributed by atoms with Crippen molar-refractivity contribution in [2.45, 2.75) is 0 Å². The Morgan fingerprint density at radius 2 is 1.78 bits per heavy atom. The van der Waals surface area contributed by atoms with Gasteiger partial charge < -0.3 is 0 Å². The van der Waals surface area contributed by atoms with Gasteiger partial charge in [-0.15, -0.1) is 0 Å².